The Morgan fingerprint density at radius 3 is 1.78 bits per heavy atom. The zero-order valence-electron chi connectivity index (χ0n) is 19.3. The van der Waals surface area contributed by atoms with Gasteiger partial charge in [0.05, 0.1) is 5.69 Å². The molecule has 0 spiro atoms. The van der Waals surface area contributed by atoms with Crippen LogP contribution in [0.4, 0.5) is 5.69 Å². The molecule has 0 radical (unpaired) electrons. The van der Waals surface area contributed by atoms with Crippen LogP contribution in [0.25, 0.3) is 0 Å². The van der Waals surface area contributed by atoms with Crippen LogP contribution in [0.2, 0.25) is 0 Å². The van der Waals surface area contributed by atoms with Crippen molar-refractivity contribution in [2.24, 2.45) is 20.0 Å². The Balaban J connectivity index is 1.27. The zero-order valence-corrected chi connectivity index (χ0v) is 19.3. The summed E-state index contributed by atoms with van der Waals surface area (Å²) in [5.74, 6) is 1.82. The Hall–Kier alpha value is -4.22. The molecule has 0 saturated carbocycles. The van der Waals surface area contributed by atoms with E-state index >= 15 is 0 Å². The molecular formula is C25H23N5O6. The van der Waals surface area contributed by atoms with Gasteiger partial charge in [-0.2, -0.15) is 0 Å². The fraction of sp³-hybridized carbons (Fsp3) is 0.280. The lowest BCUT2D eigenvalue weighted by molar-refractivity contribution is -0.285. The van der Waals surface area contributed by atoms with Gasteiger partial charge in [-0.1, -0.05) is 17.7 Å². The number of hydrogen-bond acceptors (Lipinski definition) is 11. The molecule has 5 heterocycles. The van der Waals surface area contributed by atoms with Crippen LogP contribution < -0.4 is 5.48 Å². The van der Waals surface area contributed by atoms with Gasteiger partial charge in [-0.05, 0) is 19.1 Å². The molecule has 1 N–H and O–H groups in total. The van der Waals surface area contributed by atoms with Crippen LogP contribution in [0.5, 0.6) is 0 Å². The lowest BCUT2D eigenvalue weighted by Gasteiger charge is -2.45. The average molecular weight is 489 g/mol. The van der Waals surface area contributed by atoms with E-state index in [0.29, 0.717) is 23.6 Å². The molecule has 36 heavy (non-hydrogen) atoms. The van der Waals surface area contributed by atoms with Crippen LogP contribution in [0.15, 0.2) is 93.3 Å². The summed E-state index contributed by atoms with van der Waals surface area (Å²) >= 11 is 0. The molecule has 11 nitrogen and oxygen atoms in total. The van der Waals surface area contributed by atoms with Gasteiger partial charge >= 0.3 is 0 Å². The van der Waals surface area contributed by atoms with E-state index in [1.807, 2.05) is 31.2 Å². The van der Waals surface area contributed by atoms with E-state index in [0.717, 1.165) is 11.3 Å². The van der Waals surface area contributed by atoms with Crippen molar-refractivity contribution in [1.29, 1.82) is 0 Å². The van der Waals surface area contributed by atoms with Gasteiger partial charge < -0.3 is 23.7 Å². The van der Waals surface area contributed by atoms with E-state index in [2.05, 4.69) is 25.4 Å². The van der Waals surface area contributed by atoms with Crippen LogP contribution in [0, 0.1) is 6.92 Å². The predicted octanol–water partition coefficient (Wildman–Crippen LogP) is 2.94. The number of benzene rings is 1. The first kappa shape index (κ1) is 22.3. The summed E-state index contributed by atoms with van der Waals surface area (Å²) in [5, 5.41) is 0. The SMILES string of the molecule is Cc1ccc(NO[C@H]2O[C@H](COC3=NC=C3)[C@H](OC3=NC=C3)[C@H](OC3=NC=C3)[C@H]2OC2=NC=C2)cc1. The largest absolute Gasteiger partial charge is 0.475 e. The van der Waals surface area contributed by atoms with Crippen molar-refractivity contribution < 1.29 is 28.5 Å². The maximum Gasteiger partial charge on any atom is 0.225 e. The molecular weight excluding hydrogens is 466 g/mol. The Bertz CT molecular complexity index is 1250. The number of ether oxygens (including phenoxy) is 5. The normalized spacial score (nSPS) is 28.8. The van der Waals surface area contributed by atoms with Crippen molar-refractivity contribution in [1.82, 2.24) is 0 Å². The monoisotopic (exact) mass is 489 g/mol. The lowest BCUT2D eigenvalue weighted by atomic mass is 9.98. The highest BCUT2D eigenvalue weighted by Crippen LogP contribution is 2.32. The maximum atomic E-state index is 6.34. The number of hydrogen-bond donors (Lipinski definition) is 1. The van der Waals surface area contributed by atoms with Gasteiger partial charge in [0.15, 0.2) is 18.3 Å². The van der Waals surface area contributed by atoms with Crippen molar-refractivity contribution in [3.05, 3.63) is 78.9 Å². The first-order valence-electron chi connectivity index (χ1n) is 11.5. The molecule has 0 amide bonds. The van der Waals surface area contributed by atoms with Crippen LogP contribution in [0.3, 0.4) is 0 Å². The molecule has 1 fully saturated rings. The van der Waals surface area contributed by atoms with Crippen molar-refractivity contribution in [3.8, 4) is 0 Å². The Labute approximate surface area is 206 Å². The summed E-state index contributed by atoms with van der Waals surface area (Å²) in [6.45, 7) is 2.14. The quantitative estimate of drug-likeness (QED) is 0.558. The maximum absolute atomic E-state index is 6.34. The standard InChI is InChI=1S/C25H23N5O6/c1-15-2-4-16(5-3-15)30-36-25-24(35-21-9-13-29-21)23(34-20-8-12-28-20)22(33-19-7-11-27-19)17(32-25)14-31-18-6-10-26-18/h2-13,17,22-25,30H,14H2,1H3/t17-,22+,23+,24-,25-/m1/s1. The summed E-state index contributed by atoms with van der Waals surface area (Å²) in [7, 11) is 0. The predicted molar refractivity (Wildman–Crippen MR) is 131 cm³/mol. The van der Waals surface area contributed by atoms with E-state index in [-0.39, 0.29) is 6.61 Å². The number of aliphatic imine (C=N–C) groups is 4. The van der Waals surface area contributed by atoms with Gasteiger partial charge in [0, 0.05) is 49.1 Å². The Morgan fingerprint density at radius 2 is 1.25 bits per heavy atom. The van der Waals surface area contributed by atoms with Gasteiger partial charge in [0.25, 0.3) is 0 Å². The van der Waals surface area contributed by atoms with Gasteiger partial charge in [-0.3, -0.25) is 5.48 Å². The zero-order chi connectivity index (χ0) is 24.3. The topological polar surface area (TPSA) is 117 Å². The van der Waals surface area contributed by atoms with Crippen LogP contribution >= 0.6 is 0 Å². The molecule has 1 aromatic rings. The number of rotatable bonds is 8. The van der Waals surface area contributed by atoms with E-state index < -0.39 is 30.7 Å². The summed E-state index contributed by atoms with van der Waals surface area (Å²) in [6.07, 6.45) is 9.87. The average Bonchev–Trinajstić information content (AvgIpc) is 2.75. The molecule has 11 heteroatoms. The van der Waals surface area contributed by atoms with E-state index in [4.69, 9.17) is 28.5 Å². The molecule has 5 aliphatic heterocycles. The number of aryl methyl sites for hydroxylation is 1. The molecule has 184 valence electrons. The minimum atomic E-state index is -0.927. The first-order valence-corrected chi connectivity index (χ1v) is 11.5. The van der Waals surface area contributed by atoms with Gasteiger partial charge in [-0.25, -0.2) is 24.8 Å². The summed E-state index contributed by atoms with van der Waals surface area (Å²) in [6, 6.07) is 7.76. The molecule has 0 bridgehead atoms. The van der Waals surface area contributed by atoms with Crippen molar-refractivity contribution in [2.75, 3.05) is 12.1 Å². The highest BCUT2D eigenvalue weighted by atomic mass is 16.8. The summed E-state index contributed by atoms with van der Waals surface area (Å²) < 4.78 is 30.7. The molecule has 0 unspecified atom stereocenters. The second-order valence-electron chi connectivity index (χ2n) is 8.32. The number of nitrogens with zero attached hydrogens (tertiary/aromatic N) is 4. The lowest BCUT2D eigenvalue weighted by Crippen LogP contribution is -2.63. The van der Waals surface area contributed by atoms with E-state index in [1.165, 1.54) is 0 Å². The molecule has 1 saturated heterocycles. The third kappa shape index (κ3) is 4.79. The molecule has 6 rings (SSSR count). The van der Waals surface area contributed by atoms with Crippen LogP contribution in [0.1, 0.15) is 5.56 Å². The van der Waals surface area contributed by atoms with Crippen molar-refractivity contribution in [3.63, 3.8) is 0 Å². The smallest absolute Gasteiger partial charge is 0.225 e. The van der Waals surface area contributed by atoms with E-state index in [1.54, 1.807) is 49.1 Å². The first-order chi connectivity index (χ1) is 17.7. The highest BCUT2D eigenvalue weighted by Gasteiger charge is 2.53. The fourth-order valence-electron chi connectivity index (χ4n) is 3.68. The van der Waals surface area contributed by atoms with E-state index in [9.17, 15) is 0 Å². The second-order valence-corrected chi connectivity index (χ2v) is 8.32. The summed E-state index contributed by atoms with van der Waals surface area (Å²) in [4.78, 5) is 22.5. The molecule has 5 aliphatic rings. The third-order valence-corrected chi connectivity index (χ3v) is 5.78. The van der Waals surface area contributed by atoms with Gasteiger partial charge in [0.2, 0.25) is 29.9 Å². The van der Waals surface area contributed by atoms with Gasteiger partial charge in [-0.15, -0.1) is 0 Å². The molecule has 1 aromatic carbocycles. The van der Waals surface area contributed by atoms with Crippen molar-refractivity contribution >= 4 is 29.3 Å². The number of nitrogens with one attached hydrogen (secondary N) is 1. The minimum absolute atomic E-state index is 0.130. The summed E-state index contributed by atoms with van der Waals surface area (Å²) in [5.41, 5.74) is 4.84. The van der Waals surface area contributed by atoms with Crippen molar-refractivity contribution in [2.45, 2.75) is 37.6 Å². The Kier molecular flexibility index (Phi) is 6.06. The molecule has 0 aromatic heterocycles. The van der Waals surface area contributed by atoms with Crippen LogP contribution in [-0.4, -0.2) is 60.9 Å². The second kappa shape index (κ2) is 9.80. The van der Waals surface area contributed by atoms with Crippen LogP contribution in [-0.2, 0) is 28.5 Å². The third-order valence-electron chi connectivity index (χ3n) is 5.78. The molecule has 5 atom stereocenters. The highest BCUT2D eigenvalue weighted by molar-refractivity contribution is 5.94. The number of anilines is 1. The fourth-order valence-corrected chi connectivity index (χ4v) is 3.68. The Morgan fingerprint density at radius 1 is 0.722 bits per heavy atom. The minimum Gasteiger partial charge on any atom is -0.475 e. The molecule has 0 aliphatic carbocycles. The van der Waals surface area contributed by atoms with Gasteiger partial charge in [0.1, 0.15) is 12.7 Å².